The molecule has 0 aliphatic carbocycles. The maximum Gasteiger partial charge on any atom is 0.0522 e. The molecule has 1 aromatic carbocycles. The lowest BCUT2D eigenvalue weighted by Crippen LogP contribution is -2.19. The van der Waals surface area contributed by atoms with E-state index in [0.29, 0.717) is 0 Å². The van der Waals surface area contributed by atoms with Crippen molar-refractivity contribution in [3.63, 3.8) is 0 Å². The maximum absolute atomic E-state index is 5.96. The van der Waals surface area contributed by atoms with Gasteiger partial charge in [-0.25, -0.2) is 0 Å². The molecule has 0 amide bonds. The first-order valence-corrected chi connectivity index (χ1v) is 6.87. The molecule has 1 unspecified atom stereocenters. The fourth-order valence-corrected chi connectivity index (χ4v) is 2.92. The number of aromatic nitrogens is 2. The molecule has 1 N–H and O–H groups in total. The molecule has 0 bridgehead atoms. The molecular formula is C13H15BrClN3. The molecule has 96 valence electrons. The standard InChI is InChI=1S/C13H15BrClN3/c1-16-13(5-9-7-17-18(2)8-9)11-4-3-10(15)6-12(11)14/h3-4,6-8,13,16H,5H2,1-2H3. The van der Waals surface area contributed by atoms with Gasteiger partial charge in [-0.3, -0.25) is 4.68 Å². The summed E-state index contributed by atoms with van der Waals surface area (Å²) >= 11 is 9.53. The van der Waals surface area contributed by atoms with Crippen molar-refractivity contribution in [2.24, 2.45) is 7.05 Å². The molecule has 0 aliphatic heterocycles. The number of aryl methyl sites for hydroxylation is 1. The van der Waals surface area contributed by atoms with Crippen molar-refractivity contribution in [3.05, 3.63) is 51.2 Å². The lowest BCUT2D eigenvalue weighted by Gasteiger charge is -2.17. The van der Waals surface area contributed by atoms with Crippen LogP contribution in [-0.2, 0) is 13.5 Å². The van der Waals surface area contributed by atoms with Crippen molar-refractivity contribution in [1.29, 1.82) is 0 Å². The summed E-state index contributed by atoms with van der Waals surface area (Å²) in [6.07, 6.45) is 4.83. The van der Waals surface area contributed by atoms with Crippen LogP contribution in [0.15, 0.2) is 35.1 Å². The maximum atomic E-state index is 5.96. The van der Waals surface area contributed by atoms with Crippen LogP contribution in [-0.4, -0.2) is 16.8 Å². The fourth-order valence-electron chi connectivity index (χ4n) is 1.96. The van der Waals surface area contributed by atoms with Crippen molar-refractivity contribution >= 4 is 27.5 Å². The number of halogens is 2. The van der Waals surface area contributed by atoms with E-state index in [-0.39, 0.29) is 6.04 Å². The van der Waals surface area contributed by atoms with Gasteiger partial charge >= 0.3 is 0 Å². The average molecular weight is 329 g/mol. The van der Waals surface area contributed by atoms with Gasteiger partial charge in [0.25, 0.3) is 0 Å². The summed E-state index contributed by atoms with van der Waals surface area (Å²) in [6.45, 7) is 0. The van der Waals surface area contributed by atoms with E-state index in [4.69, 9.17) is 11.6 Å². The summed E-state index contributed by atoms with van der Waals surface area (Å²) in [7, 11) is 3.89. The molecule has 0 fully saturated rings. The lowest BCUT2D eigenvalue weighted by atomic mass is 10.0. The fraction of sp³-hybridized carbons (Fsp3) is 0.308. The summed E-state index contributed by atoms with van der Waals surface area (Å²) in [5, 5.41) is 8.25. The zero-order valence-electron chi connectivity index (χ0n) is 10.3. The van der Waals surface area contributed by atoms with E-state index in [1.807, 2.05) is 49.4 Å². The van der Waals surface area contributed by atoms with Gasteiger partial charge in [-0.2, -0.15) is 5.10 Å². The molecule has 2 aromatic rings. The minimum atomic E-state index is 0.237. The van der Waals surface area contributed by atoms with Gasteiger partial charge in [-0.1, -0.05) is 33.6 Å². The van der Waals surface area contributed by atoms with E-state index >= 15 is 0 Å². The third kappa shape index (κ3) is 3.13. The predicted molar refractivity (Wildman–Crippen MR) is 77.9 cm³/mol. The minimum absolute atomic E-state index is 0.237. The second-order valence-electron chi connectivity index (χ2n) is 4.23. The van der Waals surface area contributed by atoms with Crippen LogP contribution in [0.5, 0.6) is 0 Å². The van der Waals surface area contributed by atoms with Crippen LogP contribution in [0.2, 0.25) is 5.02 Å². The number of hydrogen-bond acceptors (Lipinski definition) is 2. The van der Waals surface area contributed by atoms with Crippen molar-refractivity contribution in [1.82, 2.24) is 15.1 Å². The first-order chi connectivity index (χ1) is 8.60. The van der Waals surface area contributed by atoms with Crippen molar-refractivity contribution < 1.29 is 0 Å². The first kappa shape index (κ1) is 13.6. The molecule has 0 saturated carbocycles. The number of nitrogens with one attached hydrogen (secondary N) is 1. The number of nitrogens with zero attached hydrogens (tertiary/aromatic N) is 2. The second-order valence-corrected chi connectivity index (χ2v) is 5.52. The Morgan fingerprint density at radius 1 is 1.50 bits per heavy atom. The molecule has 0 radical (unpaired) electrons. The van der Waals surface area contributed by atoms with Gasteiger partial charge < -0.3 is 5.32 Å². The highest BCUT2D eigenvalue weighted by atomic mass is 79.9. The SMILES string of the molecule is CNC(Cc1cnn(C)c1)c1ccc(Cl)cc1Br. The van der Waals surface area contributed by atoms with Crippen LogP contribution < -0.4 is 5.32 Å². The van der Waals surface area contributed by atoms with Crippen molar-refractivity contribution in [2.45, 2.75) is 12.5 Å². The molecule has 18 heavy (non-hydrogen) atoms. The highest BCUT2D eigenvalue weighted by Gasteiger charge is 2.14. The minimum Gasteiger partial charge on any atom is -0.313 e. The van der Waals surface area contributed by atoms with Gasteiger partial charge in [0.15, 0.2) is 0 Å². The van der Waals surface area contributed by atoms with Crippen molar-refractivity contribution in [3.8, 4) is 0 Å². The van der Waals surface area contributed by atoms with E-state index in [2.05, 4.69) is 26.3 Å². The van der Waals surface area contributed by atoms with E-state index in [0.717, 1.165) is 15.9 Å². The summed E-state index contributed by atoms with van der Waals surface area (Å²) in [5.74, 6) is 0. The van der Waals surface area contributed by atoms with E-state index in [1.165, 1.54) is 11.1 Å². The van der Waals surface area contributed by atoms with Crippen molar-refractivity contribution in [2.75, 3.05) is 7.05 Å². The van der Waals surface area contributed by atoms with Crippen LogP contribution in [0.25, 0.3) is 0 Å². The summed E-state index contributed by atoms with van der Waals surface area (Å²) < 4.78 is 2.84. The van der Waals surface area contributed by atoms with Crippen LogP contribution in [0, 0.1) is 0 Å². The average Bonchev–Trinajstić information content (AvgIpc) is 2.72. The molecule has 1 heterocycles. The quantitative estimate of drug-likeness (QED) is 0.933. The lowest BCUT2D eigenvalue weighted by molar-refractivity contribution is 0.589. The van der Waals surface area contributed by atoms with E-state index < -0.39 is 0 Å². The number of rotatable bonds is 4. The molecule has 0 spiro atoms. The number of likely N-dealkylation sites (N-methyl/N-ethyl adjacent to an activating group) is 1. The molecule has 0 aliphatic rings. The molecule has 0 saturated heterocycles. The van der Waals surface area contributed by atoms with Crippen LogP contribution in [0.1, 0.15) is 17.2 Å². The molecular weight excluding hydrogens is 314 g/mol. The number of benzene rings is 1. The van der Waals surface area contributed by atoms with Gasteiger partial charge in [0.05, 0.1) is 6.20 Å². The third-order valence-corrected chi connectivity index (χ3v) is 3.81. The Morgan fingerprint density at radius 3 is 2.83 bits per heavy atom. The molecule has 1 atom stereocenters. The molecule has 3 nitrogen and oxygen atoms in total. The van der Waals surface area contributed by atoms with Gasteiger partial charge in [0.1, 0.15) is 0 Å². The van der Waals surface area contributed by atoms with Gasteiger partial charge in [-0.05, 0) is 36.7 Å². The zero-order chi connectivity index (χ0) is 13.1. The Bertz CT molecular complexity index is 539. The van der Waals surface area contributed by atoms with Crippen LogP contribution in [0.3, 0.4) is 0 Å². The zero-order valence-corrected chi connectivity index (χ0v) is 12.7. The monoisotopic (exact) mass is 327 g/mol. The summed E-state index contributed by atoms with van der Waals surface area (Å²) in [4.78, 5) is 0. The largest absolute Gasteiger partial charge is 0.313 e. The first-order valence-electron chi connectivity index (χ1n) is 5.70. The van der Waals surface area contributed by atoms with Gasteiger partial charge in [0, 0.05) is 28.8 Å². The Labute approximate surface area is 120 Å². The highest BCUT2D eigenvalue weighted by molar-refractivity contribution is 9.10. The Morgan fingerprint density at radius 2 is 2.28 bits per heavy atom. The topological polar surface area (TPSA) is 29.9 Å². The second kappa shape index (κ2) is 5.87. The Hall–Kier alpha value is -0.840. The molecule has 2 rings (SSSR count). The third-order valence-electron chi connectivity index (χ3n) is 2.88. The molecule has 5 heteroatoms. The highest BCUT2D eigenvalue weighted by Crippen LogP contribution is 2.28. The Balaban J connectivity index is 2.22. The normalized spacial score (nSPS) is 12.7. The smallest absolute Gasteiger partial charge is 0.0522 e. The summed E-state index contributed by atoms with van der Waals surface area (Å²) in [6, 6.07) is 6.12. The van der Waals surface area contributed by atoms with E-state index in [9.17, 15) is 0 Å². The van der Waals surface area contributed by atoms with Gasteiger partial charge in [0.2, 0.25) is 0 Å². The molecule has 1 aromatic heterocycles. The van der Waals surface area contributed by atoms with Gasteiger partial charge in [-0.15, -0.1) is 0 Å². The van der Waals surface area contributed by atoms with Crippen LogP contribution >= 0.6 is 27.5 Å². The predicted octanol–water partition coefficient (Wildman–Crippen LogP) is 3.34. The Kier molecular flexibility index (Phi) is 4.43. The number of hydrogen-bond donors (Lipinski definition) is 1. The summed E-state index contributed by atoms with van der Waals surface area (Å²) in [5.41, 5.74) is 2.41. The van der Waals surface area contributed by atoms with Crippen LogP contribution in [0.4, 0.5) is 0 Å². The van der Waals surface area contributed by atoms with E-state index in [1.54, 1.807) is 0 Å².